The maximum absolute atomic E-state index is 11.9. The Morgan fingerprint density at radius 1 is 1.32 bits per heavy atom. The van der Waals surface area contributed by atoms with Gasteiger partial charge in [0.2, 0.25) is 15.9 Å². The Morgan fingerprint density at radius 2 is 2.14 bits per heavy atom. The third-order valence-electron chi connectivity index (χ3n) is 2.89. The van der Waals surface area contributed by atoms with Crippen molar-refractivity contribution in [1.82, 2.24) is 14.6 Å². The van der Waals surface area contributed by atoms with Crippen LogP contribution in [0.2, 0.25) is 0 Å². The minimum absolute atomic E-state index is 0.0494. The van der Waals surface area contributed by atoms with Gasteiger partial charge in [-0.2, -0.15) is 4.31 Å². The molecule has 118 valence electrons. The molecule has 2 heterocycles. The molecule has 7 nitrogen and oxygen atoms in total. The Kier molecular flexibility index (Phi) is 5.29. The second-order valence-corrected chi connectivity index (χ2v) is 6.69. The fraction of sp³-hybridized carbons (Fsp3) is 0.286. The minimum atomic E-state index is -3.52. The van der Waals surface area contributed by atoms with E-state index in [1.807, 2.05) is 0 Å². The van der Waals surface area contributed by atoms with Crippen LogP contribution in [0.5, 0.6) is 0 Å². The lowest BCUT2D eigenvalue weighted by Gasteiger charge is -2.18. The maximum atomic E-state index is 11.9. The lowest BCUT2D eigenvalue weighted by Crippen LogP contribution is -2.39. The largest absolute Gasteiger partial charge is 0.467 e. The van der Waals surface area contributed by atoms with Gasteiger partial charge in [0.1, 0.15) is 5.76 Å². The van der Waals surface area contributed by atoms with Crippen LogP contribution < -0.4 is 5.32 Å². The first-order chi connectivity index (χ1) is 10.4. The van der Waals surface area contributed by atoms with Gasteiger partial charge in [-0.15, -0.1) is 0 Å². The Balaban J connectivity index is 1.96. The van der Waals surface area contributed by atoms with Gasteiger partial charge >= 0.3 is 0 Å². The van der Waals surface area contributed by atoms with Crippen LogP contribution in [0.3, 0.4) is 0 Å². The number of nitrogens with one attached hydrogen (secondary N) is 1. The Morgan fingerprint density at radius 3 is 2.73 bits per heavy atom. The first-order valence-corrected chi connectivity index (χ1v) is 8.44. The van der Waals surface area contributed by atoms with E-state index >= 15 is 0 Å². The number of pyridine rings is 1. The summed E-state index contributed by atoms with van der Waals surface area (Å²) in [7, 11) is -3.52. The molecule has 2 rings (SSSR count). The van der Waals surface area contributed by atoms with Gasteiger partial charge in [0.25, 0.3) is 0 Å². The van der Waals surface area contributed by atoms with Crippen molar-refractivity contribution in [1.29, 1.82) is 0 Å². The van der Waals surface area contributed by atoms with Crippen LogP contribution in [0.4, 0.5) is 0 Å². The molecule has 22 heavy (non-hydrogen) atoms. The minimum Gasteiger partial charge on any atom is -0.467 e. The number of rotatable bonds is 7. The van der Waals surface area contributed by atoms with E-state index in [1.54, 1.807) is 36.5 Å². The summed E-state index contributed by atoms with van der Waals surface area (Å²) < 4.78 is 29.8. The molecule has 0 aromatic carbocycles. The molecule has 0 radical (unpaired) electrons. The summed E-state index contributed by atoms with van der Waals surface area (Å²) in [5.74, 6) is 0.196. The molecule has 0 atom stereocenters. The molecular weight excluding hydrogens is 306 g/mol. The van der Waals surface area contributed by atoms with Gasteiger partial charge in [0, 0.05) is 6.20 Å². The van der Waals surface area contributed by atoms with Gasteiger partial charge in [-0.25, -0.2) is 8.42 Å². The van der Waals surface area contributed by atoms with Gasteiger partial charge in [0.15, 0.2) is 0 Å². The van der Waals surface area contributed by atoms with Gasteiger partial charge in [-0.05, 0) is 24.3 Å². The Hall–Kier alpha value is -2.19. The monoisotopic (exact) mass is 323 g/mol. The van der Waals surface area contributed by atoms with E-state index in [0.717, 1.165) is 10.6 Å². The highest BCUT2D eigenvalue weighted by Gasteiger charge is 2.20. The molecule has 0 aliphatic rings. The van der Waals surface area contributed by atoms with Crippen molar-refractivity contribution in [2.75, 3.05) is 12.8 Å². The van der Waals surface area contributed by atoms with Crippen molar-refractivity contribution in [3.63, 3.8) is 0 Å². The summed E-state index contributed by atoms with van der Waals surface area (Å²) in [5, 5.41) is 2.61. The van der Waals surface area contributed by atoms with Crippen molar-refractivity contribution < 1.29 is 17.6 Å². The van der Waals surface area contributed by atoms with Crippen LogP contribution in [0.1, 0.15) is 11.5 Å². The van der Waals surface area contributed by atoms with Gasteiger partial charge < -0.3 is 9.73 Å². The lowest BCUT2D eigenvalue weighted by molar-refractivity contribution is -0.121. The zero-order chi connectivity index (χ0) is 16.0. The third kappa shape index (κ3) is 4.97. The van der Waals surface area contributed by atoms with E-state index in [-0.39, 0.29) is 19.6 Å². The molecule has 0 saturated carbocycles. The number of nitrogens with zero attached hydrogens (tertiary/aromatic N) is 2. The van der Waals surface area contributed by atoms with Crippen molar-refractivity contribution in [2.45, 2.75) is 13.1 Å². The summed E-state index contributed by atoms with van der Waals surface area (Å²) in [4.78, 5) is 16.0. The highest BCUT2D eigenvalue weighted by molar-refractivity contribution is 7.88. The summed E-state index contributed by atoms with van der Waals surface area (Å²) in [5.41, 5.74) is 0.576. The van der Waals surface area contributed by atoms with E-state index in [2.05, 4.69) is 10.3 Å². The van der Waals surface area contributed by atoms with E-state index in [9.17, 15) is 13.2 Å². The van der Waals surface area contributed by atoms with Gasteiger partial charge in [-0.3, -0.25) is 9.78 Å². The zero-order valence-electron chi connectivity index (χ0n) is 12.1. The zero-order valence-corrected chi connectivity index (χ0v) is 12.9. The van der Waals surface area contributed by atoms with Crippen molar-refractivity contribution in [2.24, 2.45) is 0 Å². The number of carbonyl (C=O) groups is 1. The maximum Gasteiger partial charge on any atom is 0.235 e. The smallest absolute Gasteiger partial charge is 0.235 e. The van der Waals surface area contributed by atoms with Crippen LogP contribution in [0.15, 0.2) is 47.2 Å². The molecule has 8 heteroatoms. The SMILES string of the molecule is CS(=O)(=O)N(CC(=O)NCc1ccco1)Cc1ccccn1. The predicted octanol–water partition coefficient (Wildman–Crippen LogP) is 0.753. The second-order valence-electron chi connectivity index (χ2n) is 4.71. The topological polar surface area (TPSA) is 92.5 Å². The molecule has 1 amide bonds. The molecule has 1 N–H and O–H groups in total. The molecule has 0 aliphatic heterocycles. The van der Waals surface area contributed by atoms with Crippen LogP contribution in [0, 0.1) is 0 Å². The number of hydrogen-bond acceptors (Lipinski definition) is 5. The molecule has 0 saturated heterocycles. The fourth-order valence-electron chi connectivity index (χ4n) is 1.78. The van der Waals surface area contributed by atoms with E-state index in [4.69, 9.17) is 4.42 Å². The normalized spacial score (nSPS) is 11.5. The quantitative estimate of drug-likeness (QED) is 0.812. The number of sulfonamides is 1. The number of carbonyl (C=O) groups excluding carboxylic acids is 1. The number of aromatic nitrogens is 1. The molecule has 0 fully saturated rings. The van der Waals surface area contributed by atoms with E-state index < -0.39 is 15.9 Å². The Bertz CT molecular complexity index is 699. The number of furan rings is 1. The van der Waals surface area contributed by atoms with E-state index in [0.29, 0.717) is 11.5 Å². The number of hydrogen-bond donors (Lipinski definition) is 1. The number of amides is 1. The van der Waals surface area contributed by atoms with Crippen LogP contribution in [-0.2, 0) is 27.9 Å². The summed E-state index contributed by atoms with van der Waals surface area (Å²) in [6, 6.07) is 8.65. The van der Waals surface area contributed by atoms with Gasteiger partial charge in [0.05, 0.1) is 37.8 Å². The molecular formula is C14H17N3O4S. The lowest BCUT2D eigenvalue weighted by atomic mass is 10.3. The van der Waals surface area contributed by atoms with Crippen molar-refractivity contribution in [3.8, 4) is 0 Å². The molecule has 2 aromatic heterocycles. The molecule has 2 aromatic rings. The van der Waals surface area contributed by atoms with Crippen LogP contribution >= 0.6 is 0 Å². The van der Waals surface area contributed by atoms with Crippen LogP contribution in [-0.4, -0.2) is 36.4 Å². The Labute approximate surface area is 129 Å². The average Bonchev–Trinajstić information content (AvgIpc) is 2.98. The van der Waals surface area contributed by atoms with Crippen LogP contribution in [0.25, 0.3) is 0 Å². The highest BCUT2D eigenvalue weighted by Crippen LogP contribution is 2.06. The van der Waals surface area contributed by atoms with E-state index in [1.165, 1.54) is 6.26 Å². The van der Waals surface area contributed by atoms with Crippen molar-refractivity contribution >= 4 is 15.9 Å². The third-order valence-corrected chi connectivity index (χ3v) is 4.09. The van der Waals surface area contributed by atoms with Gasteiger partial charge in [-0.1, -0.05) is 6.07 Å². The molecule has 0 aliphatic carbocycles. The molecule has 0 bridgehead atoms. The predicted molar refractivity (Wildman–Crippen MR) is 80.0 cm³/mol. The first-order valence-electron chi connectivity index (χ1n) is 6.59. The second kappa shape index (κ2) is 7.19. The first kappa shape index (κ1) is 16.2. The standard InChI is InChI=1S/C14H17N3O4S/c1-22(19,20)17(10-12-5-2-3-7-15-12)11-14(18)16-9-13-6-4-8-21-13/h2-8H,9-11H2,1H3,(H,16,18). The average molecular weight is 323 g/mol. The molecule has 0 unspecified atom stereocenters. The highest BCUT2D eigenvalue weighted by atomic mass is 32.2. The summed E-state index contributed by atoms with van der Waals surface area (Å²) >= 11 is 0. The fourth-order valence-corrected chi connectivity index (χ4v) is 2.50. The van der Waals surface area contributed by atoms with Crippen molar-refractivity contribution in [3.05, 3.63) is 54.2 Å². The summed E-state index contributed by atoms with van der Waals surface area (Å²) in [6.07, 6.45) is 4.15. The molecule has 0 spiro atoms. The summed E-state index contributed by atoms with van der Waals surface area (Å²) in [6.45, 7) is -0.00299.